The minimum Gasteiger partial charge on any atom is -0.497 e. The van der Waals surface area contributed by atoms with E-state index in [2.05, 4.69) is 15.4 Å². The highest BCUT2D eigenvalue weighted by Gasteiger charge is 2.34. The van der Waals surface area contributed by atoms with Crippen LogP contribution in [0.4, 0.5) is 5.95 Å². The van der Waals surface area contributed by atoms with Crippen molar-refractivity contribution in [2.45, 2.75) is 19.9 Å². The van der Waals surface area contributed by atoms with Gasteiger partial charge in [-0.2, -0.15) is 4.98 Å². The summed E-state index contributed by atoms with van der Waals surface area (Å²) in [6.45, 7) is 3.85. The highest BCUT2D eigenvalue weighted by molar-refractivity contribution is 7.10. The molecule has 0 fully saturated rings. The van der Waals surface area contributed by atoms with Crippen LogP contribution in [0.2, 0.25) is 0 Å². The number of aryl methyl sites for hydroxylation is 1. The van der Waals surface area contributed by atoms with Crippen molar-refractivity contribution < 1.29 is 9.53 Å². The molecule has 0 saturated carbocycles. The van der Waals surface area contributed by atoms with Gasteiger partial charge in [-0.25, -0.2) is 4.68 Å². The molecule has 8 heteroatoms. The molecule has 3 N–H and O–H groups in total. The van der Waals surface area contributed by atoms with Crippen molar-refractivity contribution in [2.75, 3.05) is 12.4 Å². The Morgan fingerprint density at radius 3 is 2.59 bits per heavy atom. The van der Waals surface area contributed by atoms with E-state index >= 15 is 0 Å². The number of nitrogens with one attached hydrogen (secondary N) is 1. The monoisotopic (exact) mass is 381 g/mol. The molecular weight excluding hydrogens is 362 g/mol. The Kier molecular flexibility index (Phi) is 4.19. The highest BCUT2D eigenvalue weighted by Crippen LogP contribution is 2.39. The van der Waals surface area contributed by atoms with Gasteiger partial charge in [0.1, 0.15) is 11.8 Å². The number of hydrogen-bond donors (Lipinski definition) is 2. The predicted molar refractivity (Wildman–Crippen MR) is 105 cm³/mol. The summed E-state index contributed by atoms with van der Waals surface area (Å²) in [7, 11) is 1.63. The molecule has 1 unspecified atom stereocenters. The molecule has 27 heavy (non-hydrogen) atoms. The van der Waals surface area contributed by atoms with Crippen molar-refractivity contribution in [1.82, 2.24) is 14.8 Å². The first-order chi connectivity index (χ1) is 13.0. The second-order valence-electron chi connectivity index (χ2n) is 6.33. The molecule has 4 rings (SSSR count). The van der Waals surface area contributed by atoms with Gasteiger partial charge in [0, 0.05) is 16.1 Å². The van der Waals surface area contributed by atoms with Crippen LogP contribution in [0.3, 0.4) is 0 Å². The Labute approximate surface area is 160 Å². The summed E-state index contributed by atoms with van der Waals surface area (Å²) >= 11 is 1.58. The molecule has 0 bridgehead atoms. The third-order valence-corrected chi connectivity index (χ3v) is 5.69. The number of primary amides is 1. The first-order valence-corrected chi connectivity index (χ1v) is 9.30. The molecule has 1 aliphatic heterocycles. The summed E-state index contributed by atoms with van der Waals surface area (Å²) in [5.74, 6) is 1.45. The Morgan fingerprint density at radius 2 is 2.00 bits per heavy atom. The maximum atomic E-state index is 12.2. The molecule has 1 atom stereocenters. The predicted octanol–water partition coefficient (Wildman–Crippen LogP) is 3.10. The Balaban J connectivity index is 1.85. The SMILES string of the molecule is COc1ccc(-c2nc3n(n2)C(c2sccc2C)C(C(N)=O)=C(C)N3)cc1. The maximum absolute atomic E-state index is 12.2. The fraction of sp³-hybridized carbons (Fsp3) is 0.211. The zero-order chi connectivity index (χ0) is 19.1. The number of carbonyl (C=O) groups excluding carboxylic acids is 1. The van der Waals surface area contributed by atoms with Gasteiger partial charge in [0.15, 0.2) is 5.82 Å². The second kappa shape index (κ2) is 6.55. The fourth-order valence-electron chi connectivity index (χ4n) is 3.24. The van der Waals surface area contributed by atoms with Crippen molar-refractivity contribution in [1.29, 1.82) is 0 Å². The molecule has 2 aromatic heterocycles. The lowest BCUT2D eigenvalue weighted by Gasteiger charge is -2.27. The number of amides is 1. The summed E-state index contributed by atoms with van der Waals surface area (Å²) in [4.78, 5) is 17.8. The first-order valence-electron chi connectivity index (χ1n) is 8.42. The standard InChI is InChI=1S/C19H19N5O2S/c1-10-8-9-27-16(10)15-14(17(20)25)11(2)21-19-22-18(23-24(15)19)12-4-6-13(26-3)7-5-12/h4-9,15H,1-3H3,(H2,20,25)(H,21,22,23). The average Bonchev–Trinajstić information content (AvgIpc) is 3.26. The molecule has 1 amide bonds. The number of nitrogens with two attached hydrogens (primary N) is 1. The van der Waals surface area contributed by atoms with Crippen LogP contribution in [0, 0.1) is 6.92 Å². The summed E-state index contributed by atoms with van der Waals surface area (Å²) in [6.07, 6.45) is 0. The molecule has 3 heterocycles. The quantitative estimate of drug-likeness (QED) is 0.724. The van der Waals surface area contributed by atoms with Crippen molar-refractivity contribution in [3.8, 4) is 17.1 Å². The van der Waals surface area contributed by atoms with Gasteiger partial charge in [-0.1, -0.05) is 0 Å². The summed E-state index contributed by atoms with van der Waals surface area (Å²) in [6, 6.07) is 9.17. The smallest absolute Gasteiger partial charge is 0.248 e. The van der Waals surface area contributed by atoms with E-state index in [9.17, 15) is 4.79 Å². The molecule has 3 aromatic rings. The third-order valence-electron chi connectivity index (χ3n) is 4.62. The van der Waals surface area contributed by atoms with Crippen LogP contribution in [-0.4, -0.2) is 27.8 Å². The van der Waals surface area contributed by atoms with Gasteiger partial charge in [-0.05, 0) is 55.1 Å². The molecule has 1 aromatic carbocycles. The summed E-state index contributed by atoms with van der Waals surface area (Å²) in [5.41, 5.74) is 8.85. The summed E-state index contributed by atoms with van der Waals surface area (Å²) in [5, 5.41) is 9.85. The first kappa shape index (κ1) is 17.3. The molecule has 138 valence electrons. The number of anilines is 1. The zero-order valence-corrected chi connectivity index (χ0v) is 16.0. The van der Waals surface area contributed by atoms with E-state index in [0.717, 1.165) is 21.8 Å². The van der Waals surface area contributed by atoms with Gasteiger partial charge in [0.2, 0.25) is 11.9 Å². The van der Waals surface area contributed by atoms with Crippen molar-refractivity contribution in [2.24, 2.45) is 5.73 Å². The van der Waals surface area contributed by atoms with E-state index in [4.69, 9.17) is 10.5 Å². The van der Waals surface area contributed by atoms with Crippen LogP contribution in [0.15, 0.2) is 47.0 Å². The number of methoxy groups -OCH3 is 1. The number of aromatic nitrogens is 3. The molecule has 0 spiro atoms. The number of ether oxygens (including phenoxy) is 1. The number of thiophene rings is 1. The number of benzene rings is 1. The van der Waals surface area contributed by atoms with Crippen LogP contribution < -0.4 is 15.8 Å². The zero-order valence-electron chi connectivity index (χ0n) is 15.2. The van der Waals surface area contributed by atoms with Gasteiger partial charge < -0.3 is 15.8 Å². The fourth-order valence-corrected chi connectivity index (χ4v) is 4.26. The minimum atomic E-state index is -0.468. The third kappa shape index (κ3) is 2.87. The molecule has 7 nitrogen and oxygen atoms in total. The average molecular weight is 381 g/mol. The topological polar surface area (TPSA) is 95.1 Å². The largest absolute Gasteiger partial charge is 0.497 e. The van der Waals surface area contributed by atoms with E-state index < -0.39 is 11.9 Å². The minimum absolute atomic E-state index is 0.391. The van der Waals surface area contributed by atoms with E-state index in [1.807, 2.05) is 49.6 Å². The van der Waals surface area contributed by atoms with Crippen LogP contribution in [0.1, 0.15) is 23.4 Å². The molecule has 1 aliphatic rings. The number of allylic oxidation sites excluding steroid dienone is 1. The number of carbonyl (C=O) groups is 1. The second-order valence-corrected chi connectivity index (χ2v) is 7.28. The van der Waals surface area contributed by atoms with Crippen molar-refractivity contribution in [3.05, 3.63) is 57.4 Å². The number of fused-ring (bicyclic) bond motifs is 1. The summed E-state index contributed by atoms with van der Waals surface area (Å²) < 4.78 is 6.95. The normalized spacial score (nSPS) is 16.0. The van der Waals surface area contributed by atoms with Gasteiger partial charge >= 0.3 is 0 Å². The van der Waals surface area contributed by atoms with E-state index in [1.165, 1.54) is 0 Å². The lowest BCUT2D eigenvalue weighted by atomic mass is 9.99. The highest BCUT2D eigenvalue weighted by atomic mass is 32.1. The van der Waals surface area contributed by atoms with Gasteiger partial charge in [0.25, 0.3) is 0 Å². The molecular formula is C19H19N5O2S. The van der Waals surface area contributed by atoms with E-state index in [-0.39, 0.29) is 0 Å². The number of rotatable bonds is 4. The van der Waals surface area contributed by atoms with E-state index in [1.54, 1.807) is 23.1 Å². The van der Waals surface area contributed by atoms with Crippen molar-refractivity contribution in [3.63, 3.8) is 0 Å². The van der Waals surface area contributed by atoms with Crippen LogP contribution in [-0.2, 0) is 4.79 Å². The lowest BCUT2D eigenvalue weighted by Crippen LogP contribution is -2.31. The van der Waals surface area contributed by atoms with Gasteiger partial charge in [0.05, 0.1) is 12.7 Å². The van der Waals surface area contributed by atoms with Gasteiger partial charge in [-0.15, -0.1) is 16.4 Å². The van der Waals surface area contributed by atoms with Crippen LogP contribution in [0.5, 0.6) is 5.75 Å². The number of hydrogen-bond acceptors (Lipinski definition) is 6. The van der Waals surface area contributed by atoms with Crippen LogP contribution >= 0.6 is 11.3 Å². The lowest BCUT2D eigenvalue weighted by molar-refractivity contribution is -0.115. The maximum Gasteiger partial charge on any atom is 0.248 e. The molecule has 0 aliphatic carbocycles. The van der Waals surface area contributed by atoms with Gasteiger partial charge in [-0.3, -0.25) is 4.79 Å². The van der Waals surface area contributed by atoms with E-state index in [0.29, 0.717) is 23.0 Å². The van der Waals surface area contributed by atoms with Crippen LogP contribution in [0.25, 0.3) is 11.4 Å². The van der Waals surface area contributed by atoms with Crippen molar-refractivity contribution >= 4 is 23.2 Å². The number of nitrogens with zero attached hydrogens (tertiary/aromatic N) is 3. The Hall–Kier alpha value is -3.13. The molecule has 0 radical (unpaired) electrons. The Bertz CT molecular complexity index is 1050. The molecule has 0 saturated heterocycles. The Morgan fingerprint density at radius 1 is 1.26 bits per heavy atom.